The highest BCUT2D eigenvalue weighted by Gasteiger charge is 2.22. The van der Waals surface area contributed by atoms with Gasteiger partial charge in [0, 0.05) is 7.05 Å². The van der Waals surface area contributed by atoms with Crippen LogP contribution < -0.4 is 10.6 Å². The van der Waals surface area contributed by atoms with E-state index in [0.29, 0.717) is 17.3 Å². The van der Waals surface area contributed by atoms with Crippen LogP contribution in [0.25, 0.3) is 10.9 Å². The summed E-state index contributed by atoms with van der Waals surface area (Å²) >= 11 is 0. The maximum atomic E-state index is 12.1. The number of benzene rings is 1. The quantitative estimate of drug-likeness (QED) is 0.862. The Morgan fingerprint density at radius 1 is 1.37 bits per heavy atom. The number of likely N-dealkylation sites (N-methyl/N-ethyl adjacent to an activating group) is 1. The lowest BCUT2D eigenvalue weighted by Crippen LogP contribution is -2.45. The summed E-state index contributed by atoms with van der Waals surface area (Å²) in [6, 6.07) is 6.53. The summed E-state index contributed by atoms with van der Waals surface area (Å²) in [4.78, 5) is 23.6. The predicted molar refractivity (Wildman–Crippen MR) is 69.6 cm³/mol. The largest absolute Gasteiger partial charge is 0.357 e. The first-order valence-electron chi connectivity index (χ1n) is 6.04. The van der Waals surface area contributed by atoms with E-state index in [1.54, 1.807) is 18.2 Å². The van der Waals surface area contributed by atoms with Gasteiger partial charge < -0.3 is 15.2 Å². The van der Waals surface area contributed by atoms with Crippen molar-refractivity contribution in [1.29, 1.82) is 0 Å². The molecule has 1 aromatic carbocycles. The van der Waals surface area contributed by atoms with E-state index in [-0.39, 0.29) is 11.7 Å². The molecule has 2 amide bonds. The van der Waals surface area contributed by atoms with Crippen LogP contribution in [-0.2, 0) is 4.79 Å². The van der Waals surface area contributed by atoms with E-state index in [1.807, 2.05) is 13.0 Å². The Bertz CT molecular complexity index is 606. The van der Waals surface area contributed by atoms with Crippen LogP contribution in [0.2, 0.25) is 0 Å². The average Bonchev–Trinajstić information content (AvgIpc) is 2.87. The van der Waals surface area contributed by atoms with Crippen LogP contribution in [0.15, 0.2) is 28.8 Å². The van der Waals surface area contributed by atoms with Crippen molar-refractivity contribution in [3.63, 3.8) is 0 Å². The molecule has 2 N–H and O–H groups in total. The number of hydrogen-bond acceptors (Lipinski definition) is 4. The molecule has 6 nitrogen and oxygen atoms in total. The summed E-state index contributed by atoms with van der Waals surface area (Å²) in [5, 5.41) is 9.56. The van der Waals surface area contributed by atoms with Gasteiger partial charge >= 0.3 is 0 Å². The third-order valence-corrected chi connectivity index (χ3v) is 2.87. The number of hydrogen-bond donors (Lipinski definition) is 2. The van der Waals surface area contributed by atoms with E-state index >= 15 is 0 Å². The van der Waals surface area contributed by atoms with Crippen LogP contribution in [0.3, 0.4) is 0 Å². The van der Waals surface area contributed by atoms with Crippen LogP contribution in [0.4, 0.5) is 0 Å². The molecule has 100 valence electrons. The number of aromatic nitrogens is 1. The maximum Gasteiger partial charge on any atom is 0.291 e. The summed E-state index contributed by atoms with van der Waals surface area (Å²) in [6.45, 7) is 1.82. The first-order chi connectivity index (χ1) is 9.17. The SMILES string of the molecule is CCC(NC(=O)c1onc2ccccc12)C(=O)NC. The second kappa shape index (κ2) is 5.51. The molecule has 0 spiro atoms. The van der Waals surface area contributed by atoms with Gasteiger partial charge in [0.15, 0.2) is 0 Å². The van der Waals surface area contributed by atoms with Gasteiger partial charge in [-0.2, -0.15) is 0 Å². The Hall–Kier alpha value is -2.37. The molecule has 0 aliphatic heterocycles. The highest BCUT2D eigenvalue weighted by atomic mass is 16.5. The minimum absolute atomic E-state index is 0.123. The van der Waals surface area contributed by atoms with E-state index in [1.165, 1.54) is 7.05 Å². The summed E-state index contributed by atoms with van der Waals surface area (Å²) in [5.74, 6) is -0.554. The normalized spacial score (nSPS) is 12.1. The van der Waals surface area contributed by atoms with Gasteiger partial charge in [0.25, 0.3) is 5.91 Å². The summed E-state index contributed by atoms with van der Waals surface area (Å²) in [5.41, 5.74) is 0.612. The van der Waals surface area contributed by atoms with Crippen molar-refractivity contribution in [2.45, 2.75) is 19.4 Å². The summed E-state index contributed by atoms with van der Waals surface area (Å²) in [6.07, 6.45) is 0.498. The molecule has 0 aliphatic carbocycles. The number of carbonyl (C=O) groups is 2. The molecule has 0 fully saturated rings. The highest BCUT2D eigenvalue weighted by Crippen LogP contribution is 2.17. The van der Waals surface area contributed by atoms with Gasteiger partial charge in [-0.05, 0) is 18.6 Å². The Morgan fingerprint density at radius 3 is 2.79 bits per heavy atom. The van der Waals surface area contributed by atoms with E-state index in [0.717, 1.165) is 0 Å². The Balaban J connectivity index is 2.22. The zero-order valence-corrected chi connectivity index (χ0v) is 10.8. The third kappa shape index (κ3) is 2.57. The monoisotopic (exact) mass is 261 g/mol. The minimum atomic E-state index is -0.582. The highest BCUT2D eigenvalue weighted by molar-refractivity contribution is 6.04. The van der Waals surface area contributed by atoms with E-state index in [9.17, 15) is 9.59 Å². The fourth-order valence-electron chi connectivity index (χ4n) is 1.80. The molecular formula is C13H15N3O3. The van der Waals surface area contributed by atoms with E-state index in [2.05, 4.69) is 15.8 Å². The third-order valence-electron chi connectivity index (χ3n) is 2.87. The lowest BCUT2D eigenvalue weighted by atomic mass is 10.1. The zero-order valence-electron chi connectivity index (χ0n) is 10.8. The molecule has 0 bridgehead atoms. The molecule has 1 heterocycles. The van der Waals surface area contributed by atoms with Gasteiger partial charge in [-0.15, -0.1) is 0 Å². The average molecular weight is 261 g/mol. The van der Waals surface area contributed by atoms with Crippen molar-refractivity contribution < 1.29 is 14.1 Å². The van der Waals surface area contributed by atoms with Crippen molar-refractivity contribution in [2.75, 3.05) is 7.05 Å². The molecule has 19 heavy (non-hydrogen) atoms. The summed E-state index contributed by atoms with van der Waals surface area (Å²) < 4.78 is 5.04. The van der Waals surface area contributed by atoms with Crippen LogP contribution in [0.1, 0.15) is 23.9 Å². The molecule has 0 aliphatic rings. The lowest BCUT2D eigenvalue weighted by Gasteiger charge is -2.13. The molecule has 0 saturated carbocycles. The lowest BCUT2D eigenvalue weighted by molar-refractivity contribution is -0.122. The number of carbonyl (C=O) groups excluding carboxylic acids is 2. The number of amides is 2. The van der Waals surface area contributed by atoms with E-state index < -0.39 is 11.9 Å². The second-order valence-corrected chi connectivity index (χ2v) is 4.08. The first kappa shape index (κ1) is 13.1. The van der Waals surface area contributed by atoms with Gasteiger partial charge in [-0.3, -0.25) is 9.59 Å². The van der Waals surface area contributed by atoms with Crippen molar-refractivity contribution in [1.82, 2.24) is 15.8 Å². The molecule has 1 atom stereocenters. The second-order valence-electron chi connectivity index (χ2n) is 4.08. The van der Waals surface area contributed by atoms with Crippen molar-refractivity contribution >= 4 is 22.7 Å². The zero-order chi connectivity index (χ0) is 13.8. The molecule has 6 heteroatoms. The van der Waals surface area contributed by atoms with Gasteiger partial charge in [0.1, 0.15) is 11.6 Å². The Kier molecular flexibility index (Phi) is 3.79. The number of nitrogens with zero attached hydrogens (tertiary/aromatic N) is 1. The summed E-state index contributed by atoms with van der Waals surface area (Å²) in [7, 11) is 1.53. The number of nitrogens with one attached hydrogen (secondary N) is 2. The molecule has 1 unspecified atom stereocenters. The fraction of sp³-hybridized carbons (Fsp3) is 0.308. The Morgan fingerprint density at radius 2 is 2.11 bits per heavy atom. The van der Waals surface area contributed by atoms with Gasteiger partial charge in [-0.1, -0.05) is 24.2 Å². The van der Waals surface area contributed by atoms with E-state index in [4.69, 9.17) is 4.52 Å². The molecular weight excluding hydrogens is 246 g/mol. The predicted octanol–water partition coefficient (Wildman–Crippen LogP) is 1.08. The molecule has 0 radical (unpaired) electrons. The van der Waals surface area contributed by atoms with Crippen LogP contribution >= 0.6 is 0 Å². The maximum absolute atomic E-state index is 12.1. The molecule has 1 aromatic heterocycles. The van der Waals surface area contributed by atoms with Crippen LogP contribution in [0, 0.1) is 0 Å². The fourth-order valence-corrected chi connectivity index (χ4v) is 1.80. The molecule has 0 saturated heterocycles. The standard InChI is InChI=1S/C13H15N3O3/c1-3-9(12(17)14-2)15-13(18)11-8-6-4-5-7-10(8)16-19-11/h4-7,9H,3H2,1-2H3,(H,14,17)(H,15,18). The first-order valence-corrected chi connectivity index (χ1v) is 6.04. The number of rotatable bonds is 4. The van der Waals surface area contributed by atoms with Crippen molar-refractivity contribution in [2.24, 2.45) is 0 Å². The Labute approximate surface area is 110 Å². The van der Waals surface area contributed by atoms with Gasteiger partial charge in [-0.25, -0.2) is 0 Å². The molecule has 2 rings (SSSR count). The smallest absolute Gasteiger partial charge is 0.291 e. The molecule has 2 aromatic rings. The van der Waals surface area contributed by atoms with Crippen LogP contribution in [-0.4, -0.2) is 30.1 Å². The topological polar surface area (TPSA) is 84.2 Å². The number of fused-ring (bicyclic) bond motifs is 1. The van der Waals surface area contributed by atoms with Crippen molar-refractivity contribution in [3.8, 4) is 0 Å². The van der Waals surface area contributed by atoms with Crippen LogP contribution in [0.5, 0.6) is 0 Å². The van der Waals surface area contributed by atoms with Crippen molar-refractivity contribution in [3.05, 3.63) is 30.0 Å². The minimum Gasteiger partial charge on any atom is -0.357 e. The van der Waals surface area contributed by atoms with Gasteiger partial charge in [0.05, 0.1) is 5.39 Å². The van der Waals surface area contributed by atoms with Gasteiger partial charge in [0.2, 0.25) is 11.7 Å².